The normalized spacial score (nSPS) is 11.3. The molecule has 0 saturated heterocycles. The summed E-state index contributed by atoms with van der Waals surface area (Å²) in [4.78, 5) is 12.5. The van der Waals surface area contributed by atoms with Crippen molar-refractivity contribution in [2.45, 2.75) is 4.90 Å². The highest BCUT2D eigenvalue weighted by molar-refractivity contribution is 7.90. The second-order valence-corrected chi connectivity index (χ2v) is 7.53. The van der Waals surface area contributed by atoms with Gasteiger partial charge in [-0.1, -0.05) is 23.7 Å². The van der Waals surface area contributed by atoms with Crippen molar-refractivity contribution in [3.05, 3.63) is 45.6 Å². The lowest BCUT2D eigenvalue weighted by atomic mass is 10.3. The lowest BCUT2D eigenvalue weighted by molar-refractivity contribution is 0.103. The minimum absolute atomic E-state index is 0.0889. The monoisotopic (exact) mass is 315 g/mol. The van der Waals surface area contributed by atoms with Crippen LogP contribution >= 0.6 is 22.9 Å². The first kappa shape index (κ1) is 14.0. The molecule has 0 bridgehead atoms. The summed E-state index contributed by atoms with van der Waals surface area (Å²) in [7, 11) is -3.39. The number of halogens is 1. The summed E-state index contributed by atoms with van der Waals surface area (Å²) < 4.78 is 23.7. The molecule has 0 unspecified atom stereocenters. The Balaban J connectivity index is 2.32. The first-order valence-corrected chi connectivity index (χ1v) is 8.32. The Morgan fingerprint density at radius 3 is 2.47 bits per heavy atom. The van der Waals surface area contributed by atoms with Gasteiger partial charge in [-0.2, -0.15) is 0 Å². The second kappa shape index (κ2) is 5.32. The van der Waals surface area contributed by atoms with Gasteiger partial charge in [-0.3, -0.25) is 4.79 Å². The Bertz CT molecular complexity index is 722. The summed E-state index contributed by atoms with van der Waals surface area (Å²) in [5.74, 6) is -0.381. The predicted molar refractivity (Wildman–Crippen MR) is 76.8 cm³/mol. The lowest BCUT2D eigenvalue weighted by Crippen LogP contribution is -2.13. The maximum Gasteiger partial charge on any atom is 0.265 e. The van der Waals surface area contributed by atoms with Gasteiger partial charge in [-0.25, -0.2) is 8.42 Å². The molecule has 2 rings (SSSR count). The van der Waals surface area contributed by atoms with Gasteiger partial charge in [0.15, 0.2) is 9.84 Å². The molecule has 0 aliphatic rings. The van der Waals surface area contributed by atoms with Crippen LogP contribution in [0.1, 0.15) is 9.67 Å². The molecule has 1 amide bonds. The first-order chi connectivity index (χ1) is 8.88. The van der Waals surface area contributed by atoms with E-state index >= 15 is 0 Å². The lowest BCUT2D eigenvalue weighted by Gasteiger charge is -2.08. The fraction of sp³-hybridized carbons (Fsp3) is 0.0833. The molecule has 1 heterocycles. The van der Waals surface area contributed by atoms with Gasteiger partial charge in [0.25, 0.3) is 5.91 Å². The summed E-state index contributed by atoms with van der Waals surface area (Å²) in [5, 5.41) is 2.58. The highest BCUT2D eigenvalue weighted by Crippen LogP contribution is 2.25. The van der Waals surface area contributed by atoms with Gasteiger partial charge < -0.3 is 5.32 Å². The summed E-state index contributed by atoms with van der Waals surface area (Å²) in [6.07, 6.45) is 1.10. The summed E-state index contributed by atoms with van der Waals surface area (Å²) in [6, 6.07) is 9.46. The van der Waals surface area contributed by atoms with E-state index < -0.39 is 9.84 Å². The topological polar surface area (TPSA) is 63.2 Å². The Labute approximate surface area is 119 Å². The van der Waals surface area contributed by atoms with E-state index in [2.05, 4.69) is 5.32 Å². The zero-order valence-electron chi connectivity index (χ0n) is 9.88. The van der Waals surface area contributed by atoms with Gasteiger partial charge in [0.2, 0.25) is 0 Å². The van der Waals surface area contributed by atoms with Crippen LogP contribution in [0.2, 0.25) is 4.34 Å². The van der Waals surface area contributed by atoms with E-state index in [9.17, 15) is 13.2 Å². The highest BCUT2D eigenvalue weighted by atomic mass is 35.5. The van der Waals surface area contributed by atoms with Crippen molar-refractivity contribution in [2.24, 2.45) is 0 Å². The number of para-hydroxylation sites is 1. The molecular formula is C12H10ClNO3S2. The molecule has 1 aromatic carbocycles. The van der Waals surface area contributed by atoms with Crippen LogP contribution in [0.3, 0.4) is 0 Å². The van der Waals surface area contributed by atoms with Crippen molar-refractivity contribution >= 4 is 44.4 Å². The first-order valence-electron chi connectivity index (χ1n) is 5.24. The van der Waals surface area contributed by atoms with Crippen LogP contribution in [0.4, 0.5) is 5.69 Å². The molecule has 1 aromatic heterocycles. The summed E-state index contributed by atoms with van der Waals surface area (Å²) in [5.41, 5.74) is 0.263. The van der Waals surface area contributed by atoms with Crippen LogP contribution in [0.5, 0.6) is 0 Å². The predicted octanol–water partition coefficient (Wildman–Crippen LogP) is 3.06. The third-order valence-electron chi connectivity index (χ3n) is 2.33. The number of rotatable bonds is 3. The molecule has 4 nitrogen and oxygen atoms in total. The van der Waals surface area contributed by atoms with Crippen molar-refractivity contribution in [1.82, 2.24) is 0 Å². The van der Waals surface area contributed by atoms with Crippen LogP contribution in [0.25, 0.3) is 0 Å². The van der Waals surface area contributed by atoms with Crippen molar-refractivity contribution < 1.29 is 13.2 Å². The largest absolute Gasteiger partial charge is 0.320 e. The van der Waals surface area contributed by atoms with E-state index in [1.54, 1.807) is 30.3 Å². The quantitative estimate of drug-likeness (QED) is 0.946. The van der Waals surface area contributed by atoms with Crippen molar-refractivity contribution in [2.75, 3.05) is 11.6 Å². The van der Waals surface area contributed by atoms with Gasteiger partial charge in [0, 0.05) is 6.26 Å². The Hall–Kier alpha value is -1.37. The van der Waals surface area contributed by atoms with Crippen LogP contribution < -0.4 is 5.32 Å². The minimum atomic E-state index is -3.39. The number of hydrogen-bond acceptors (Lipinski definition) is 4. The molecule has 1 N–H and O–H groups in total. The third-order valence-corrected chi connectivity index (χ3v) is 4.72. The molecule has 100 valence electrons. The summed E-state index contributed by atoms with van der Waals surface area (Å²) >= 11 is 6.89. The van der Waals surface area contributed by atoms with Gasteiger partial charge in [-0.15, -0.1) is 11.3 Å². The zero-order chi connectivity index (χ0) is 14.0. The smallest absolute Gasteiger partial charge is 0.265 e. The Morgan fingerprint density at radius 2 is 1.89 bits per heavy atom. The molecule has 7 heteroatoms. The maximum atomic E-state index is 12.0. The number of benzene rings is 1. The van der Waals surface area contributed by atoms with Crippen LogP contribution in [0, 0.1) is 0 Å². The number of hydrogen-bond donors (Lipinski definition) is 1. The number of carbonyl (C=O) groups excluding carboxylic acids is 1. The van der Waals surface area contributed by atoms with Gasteiger partial charge in [0.05, 0.1) is 19.8 Å². The van der Waals surface area contributed by atoms with E-state index in [1.807, 2.05) is 0 Å². The fourth-order valence-corrected chi connectivity index (χ4v) is 3.30. The van der Waals surface area contributed by atoms with Gasteiger partial charge in [0.1, 0.15) is 0 Å². The van der Waals surface area contributed by atoms with E-state index in [-0.39, 0.29) is 16.5 Å². The number of thiophene rings is 1. The molecule has 19 heavy (non-hydrogen) atoms. The maximum absolute atomic E-state index is 12.0. The number of sulfone groups is 1. The average Bonchev–Trinajstić information content (AvgIpc) is 2.75. The minimum Gasteiger partial charge on any atom is -0.320 e. The molecule has 0 aliphatic heterocycles. The fourth-order valence-electron chi connectivity index (χ4n) is 1.51. The number of anilines is 1. The van der Waals surface area contributed by atoms with Gasteiger partial charge in [-0.05, 0) is 24.3 Å². The molecule has 0 radical (unpaired) electrons. The Morgan fingerprint density at radius 1 is 1.21 bits per heavy atom. The highest BCUT2D eigenvalue weighted by Gasteiger charge is 2.16. The molecule has 2 aromatic rings. The van der Waals surface area contributed by atoms with Crippen LogP contribution in [-0.4, -0.2) is 20.6 Å². The average molecular weight is 316 g/mol. The molecule has 0 spiro atoms. The van der Waals surface area contributed by atoms with Crippen LogP contribution in [-0.2, 0) is 9.84 Å². The van der Waals surface area contributed by atoms with E-state index in [1.165, 1.54) is 6.07 Å². The van der Waals surface area contributed by atoms with Crippen LogP contribution in [0.15, 0.2) is 41.3 Å². The number of carbonyl (C=O) groups is 1. The molecular weight excluding hydrogens is 306 g/mol. The Kier molecular flexibility index (Phi) is 3.93. The van der Waals surface area contributed by atoms with Gasteiger partial charge >= 0.3 is 0 Å². The van der Waals surface area contributed by atoms with E-state index in [0.29, 0.717) is 9.21 Å². The van der Waals surface area contributed by atoms with Crippen molar-refractivity contribution in [1.29, 1.82) is 0 Å². The van der Waals surface area contributed by atoms with Crippen molar-refractivity contribution in [3.63, 3.8) is 0 Å². The molecule has 0 aliphatic carbocycles. The van der Waals surface area contributed by atoms with E-state index in [0.717, 1.165) is 17.6 Å². The molecule has 0 atom stereocenters. The SMILES string of the molecule is CS(=O)(=O)c1ccccc1NC(=O)c1ccc(Cl)s1. The molecule has 0 saturated carbocycles. The third kappa shape index (κ3) is 3.34. The summed E-state index contributed by atoms with van der Waals surface area (Å²) in [6.45, 7) is 0. The second-order valence-electron chi connectivity index (χ2n) is 3.83. The number of nitrogens with one attached hydrogen (secondary N) is 1. The zero-order valence-corrected chi connectivity index (χ0v) is 12.3. The number of amides is 1. The van der Waals surface area contributed by atoms with E-state index in [4.69, 9.17) is 11.6 Å². The molecule has 0 fully saturated rings. The van der Waals surface area contributed by atoms with Crippen molar-refractivity contribution in [3.8, 4) is 0 Å². The standard InChI is InChI=1S/C12H10ClNO3S2/c1-19(16,17)10-5-3-2-4-8(10)14-12(15)9-6-7-11(13)18-9/h2-7H,1H3,(H,14,15).